The third kappa shape index (κ3) is 3.14. The number of fused-ring (bicyclic) bond motifs is 1. The molecule has 1 aromatic rings. The fourth-order valence-electron chi connectivity index (χ4n) is 3.42. The first-order valence-corrected chi connectivity index (χ1v) is 8.00. The molecule has 0 aromatic heterocycles. The maximum absolute atomic E-state index is 13.6. The van der Waals surface area contributed by atoms with Gasteiger partial charge < -0.3 is 9.64 Å². The van der Waals surface area contributed by atoms with E-state index in [1.807, 2.05) is 0 Å². The van der Waals surface area contributed by atoms with Crippen LogP contribution in [0.5, 0.6) is 5.75 Å². The highest BCUT2D eigenvalue weighted by Crippen LogP contribution is 2.32. The van der Waals surface area contributed by atoms with Crippen molar-refractivity contribution < 1.29 is 9.13 Å². The smallest absolute Gasteiger partial charge is 0.126 e. The molecule has 0 bridgehead atoms. The molecule has 110 valence electrons. The van der Waals surface area contributed by atoms with Gasteiger partial charge in [0.15, 0.2) is 0 Å². The molecule has 0 N–H and O–H groups in total. The molecule has 3 heteroatoms. The summed E-state index contributed by atoms with van der Waals surface area (Å²) in [7, 11) is 0. The van der Waals surface area contributed by atoms with Gasteiger partial charge in [-0.2, -0.15) is 0 Å². The molecule has 1 aliphatic carbocycles. The molecule has 0 saturated carbocycles. The van der Waals surface area contributed by atoms with Crippen molar-refractivity contribution in [3.63, 3.8) is 0 Å². The van der Waals surface area contributed by atoms with Gasteiger partial charge in [0.05, 0.1) is 6.61 Å². The van der Waals surface area contributed by atoms with Crippen LogP contribution in [0.3, 0.4) is 0 Å². The van der Waals surface area contributed by atoms with Crippen LogP contribution in [0.2, 0.25) is 0 Å². The van der Waals surface area contributed by atoms with Gasteiger partial charge in [-0.25, -0.2) is 4.39 Å². The number of benzene rings is 1. The molecule has 1 aliphatic heterocycles. The summed E-state index contributed by atoms with van der Waals surface area (Å²) < 4.78 is 19.5. The monoisotopic (exact) mass is 277 g/mol. The summed E-state index contributed by atoms with van der Waals surface area (Å²) in [5.41, 5.74) is 2.00. The number of piperidine rings is 1. The molecular formula is C17H24FNO. The Morgan fingerprint density at radius 1 is 1.00 bits per heavy atom. The van der Waals surface area contributed by atoms with Gasteiger partial charge >= 0.3 is 0 Å². The molecule has 0 amide bonds. The molecular weight excluding hydrogens is 253 g/mol. The maximum Gasteiger partial charge on any atom is 0.126 e. The van der Waals surface area contributed by atoms with E-state index in [1.165, 1.54) is 32.4 Å². The first-order valence-electron chi connectivity index (χ1n) is 8.00. The zero-order valence-corrected chi connectivity index (χ0v) is 12.2. The second kappa shape index (κ2) is 6.57. The molecule has 2 aliphatic rings. The van der Waals surface area contributed by atoms with E-state index < -0.39 is 0 Å². The maximum atomic E-state index is 13.6. The third-order valence-electron chi connectivity index (χ3n) is 4.51. The van der Waals surface area contributed by atoms with Crippen LogP contribution in [0.25, 0.3) is 0 Å². The number of rotatable bonds is 5. The van der Waals surface area contributed by atoms with Crippen molar-refractivity contribution in [2.45, 2.75) is 44.9 Å². The van der Waals surface area contributed by atoms with Crippen LogP contribution in [0.4, 0.5) is 4.39 Å². The number of ether oxygens (including phenoxy) is 1. The minimum absolute atomic E-state index is 0.0573. The lowest BCUT2D eigenvalue weighted by Crippen LogP contribution is -2.31. The highest BCUT2D eigenvalue weighted by atomic mass is 19.1. The number of halogens is 1. The summed E-state index contributed by atoms with van der Waals surface area (Å²) in [6, 6.07) is 3.37. The first-order chi connectivity index (χ1) is 9.84. The van der Waals surface area contributed by atoms with Crippen molar-refractivity contribution in [2.75, 3.05) is 26.2 Å². The highest BCUT2D eigenvalue weighted by molar-refractivity contribution is 5.43. The summed E-state index contributed by atoms with van der Waals surface area (Å²) in [6.07, 6.45) is 8.01. The van der Waals surface area contributed by atoms with Gasteiger partial charge in [-0.3, -0.25) is 0 Å². The van der Waals surface area contributed by atoms with E-state index in [2.05, 4.69) is 4.90 Å². The van der Waals surface area contributed by atoms with Crippen molar-refractivity contribution in [3.8, 4) is 5.75 Å². The average molecular weight is 277 g/mol. The average Bonchev–Trinajstić information content (AvgIpc) is 2.97. The molecule has 0 radical (unpaired) electrons. The van der Waals surface area contributed by atoms with E-state index in [1.54, 1.807) is 12.1 Å². The Morgan fingerprint density at radius 2 is 1.80 bits per heavy atom. The Kier molecular flexibility index (Phi) is 4.56. The third-order valence-corrected chi connectivity index (χ3v) is 4.51. The largest absolute Gasteiger partial charge is 0.493 e. The van der Waals surface area contributed by atoms with Gasteiger partial charge in [-0.1, -0.05) is 6.42 Å². The second-order valence-corrected chi connectivity index (χ2v) is 5.96. The van der Waals surface area contributed by atoms with Crippen LogP contribution >= 0.6 is 0 Å². The Bertz CT molecular complexity index is 455. The fraction of sp³-hybridized carbons (Fsp3) is 0.647. The lowest BCUT2D eigenvalue weighted by atomic mass is 10.1. The van der Waals surface area contributed by atoms with Gasteiger partial charge in [0.25, 0.3) is 0 Å². The van der Waals surface area contributed by atoms with Gasteiger partial charge in [-0.15, -0.1) is 0 Å². The second-order valence-electron chi connectivity index (χ2n) is 5.96. The van der Waals surface area contributed by atoms with E-state index in [4.69, 9.17) is 4.74 Å². The quantitative estimate of drug-likeness (QED) is 0.763. The zero-order chi connectivity index (χ0) is 13.8. The predicted molar refractivity (Wildman–Crippen MR) is 78.8 cm³/mol. The van der Waals surface area contributed by atoms with Gasteiger partial charge in [-0.05, 0) is 69.3 Å². The molecule has 0 unspecified atom stereocenters. The SMILES string of the molecule is Fc1ccc(OCCCN2CCCCC2)c2c1CCC2. The Balaban J connectivity index is 1.48. The standard InChI is InChI=1S/C17H24FNO/c18-16-8-9-17(15-7-4-6-14(15)16)20-13-5-12-19-10-2-1-3-11-19/h8-9H,1-7,10-13H2. The van der Waals surface area contributed by atoms with Crippen molar-refractivity contribution in [3.05, 3.63) is 29.1 Å². The van der Waals surface area contributed by atoms with Crippen molar-refractivity contribution >= 4 is 0 Å². The highest BCUT2D eigenvalue weighted by Gasteiger charge is 2.19. The van der Waals surface area contributed by atoms with Crippen molar-refractivity contribution in [1.82, 2.24) is 4.90 Å². The molecule has 0 spiro atoms. The molecule has 2 nitrogen and oxygen atoms in total. The summed E-state index contributed by atoms with van der Waals surface area (Å²) >= 11 is 0. The van der Waals surface area contributed by atoms with Gasteiger partial charge in [0.1, 0.15) is 11.6 Å². The number of hydrogen-bond acceptors (Lipinski definition) is 2. The Labute approximate surface area is 120 Å². The summed E-state index contributed by atoms with van der Waals surface area (Å²) in [5.74, 6) is 0.857. The summed E-state index contributed by atoms with van der Waals surface area (Å²) in [6.45, 7) is 4.36. The molecule has 1 fully saturated rings. The van der Waals surface area contributed by atoms with Crippen molar-refractivity contribution in [2.24, 2.45) is 0 Å². The van der Waals surface area contributed by atoms with E-state index in [0.29, 0.717) is 0 Å². The lowest BCUT2D eigenvalue weighted by molar-refractivity contribution is 0.204. The van der Waals surface area contributed by atoms with E-state index in [0.717, 1.165) is 55.7 Å². The zero-order valence-electron chi connectivity index (χ0n) is 12.2. The lowest BCUT2D eigenvalue weighted by Gasteiger charge is -2.26. The van der Waals surface area contributed by atoms with Crippen LogP contribution in [-0.2, 0) is 12.8 Å². The predicted octanol–water partition coefficient (Wildman–Crippen LogP) is 3.57. The van der Waals surface area contributed by atoms with Crippen molar-refractivity contribution in [1.29, 1.82) is 0 Å². The van der Waals surface area contributed by atoms with E-state index in [9.17, 15) is 4.39 Å². The van der Waals surface area contributed by atoms with Crippen LogP contribution < -0.4 is 4.74 Å². The topological polar surface area (TPSA) is 12.5 Å². The number of hydrogen-bond donors (Lipinski definition) is 0. The first kappa shape index (κ1) is 13.9. The summed E-state index contributed by atoms with van der Waals surface area (Å²) in [4.78, 5) is 2.53. The Hall–Kier alpha value is -1.09. The van der Waals surface area contributed by atoms with E-state index in [-0.39, 0.29) is 5.82 Å². The molecule has 1 saturated heterocycles. The number of likely N-dealkylation sites (tertiary alicyclic amines) is 1. The molecule has 1 heterocycles. The van der Waals surface area contributed by atoms with Crippen LogP contribution in [0, 0.1) is 5.82 Å². The molecule has 1 aromatic carbocycles. The van der Waals surface area contributed by atoms with Crippen LogP contribution in [0.15, 0.2) is 12.1 Å². The minimum Gasteiger partial charge on any atom is -0.493 e. The normalized spacial score (nSPS) is 19.1. The van der Waals surface area contributed by atoms with Crippen LogP contribution in [-0.4, -0.2) is 31.1 Å². The van der Waals surface area contributed by atoms with Crippen LogP contribution in [0.1, 0.15) is 43.2 Å². The number of nitrogens with zero attached hydrogens (tertiary/aromatic N) is 1. The molecule has 20 heavy (non-hydrogen) atoms. The van der Waals surface area contributed by atoms with Gasteiger partial charge in [0.2, 0.25) is 0 Å². The molecule has 3 rings (SSSR count). The Morgan fingerprint density at radius 3 is 2.65 bits per heavy atom. The molecule has 0 atom stereocenters. The minimum atomic E-state index is -0.0573. The summed E-state index contributed by atoms with van der Waals surface area (Å²) in [5, 5.41) is 0. The van der Waals surface area contributed by atoms with E-state index >= 15 is 0 Å². The fourth-order valence-corrected chi connectivity index (χ4v) is 3.42. The van der Waals surface area contributed by atoms with Gasteiger partial charge in [0, 0.05) is 12.1 Å².